The Morgan fingerprint density at radius 1 is 1.20 bits per heavy atom. The molecule has 2 aromatic rings. The molecule has 0 saturated carbocycles. The molecule has 1 aliphatic heterocycles. The van der Waals surface area contributed by atoms with Crippen LogP contribution < -0.4 is 19.5 Å². The number of hydrogen-bond donors (Lipinski definition) is 1. The van der Waals surface area contributed by atoms with Gasteiger partial charge in [-0.1, -0.05) is 0 Å². The van der Waals surface area contributed by atoms with Gasteiger partial charge in [0.1, 0.15) is 13.2 Å². The van der Waals surface area contributed by atoms with Crippen molar-refractivity contribution in [2.24, 2.45) is 0 Å². The molecule has 0 saturated heterocycles. The summed E-state index contributed by atoms with van der Waals surface area (Å²) in [6.07, 6.45) is 1.75. The third-order valence-electron chi connectivity index (χ3n) is 4.21. The third kappa shape index (κ3) is 5.08. The maximum absolute atomic E-state index is 12.2. The number of esters is 1. The van der Waals surface area contributed by atoms with Gasteiger partial charge in [-0.05, 0) is 55.0 Å². The summed E-state index contributed by atoms with van der Waals surface area (Å²) in [7, 11) is 1.52. The number of anilines is 1. The van der Waals surface area contributed by atoms with Crippen molar-refractivity contribution in [1.29, 1.82) is 5.26 Å². The molecule has 0 spiro atoms. The predicted octanol–water partition coefficient (Wildman–Crippen LogP) is 2.92. The monoisotopic (exact) mass is 408 g/mol. The van der Waals surface area contributed by atoms with Crippen molar-refractivity contribution in [3.8, 4) is 23.3 Å². The molecule has 3 rings (SSSR count). The van der Waals surface area contributed by atoms with E-state index in [0.717, 1.165) is 0 Å². The zero-order valence-electron chi connectivity index (χ0n) is 16.5. The molecule has 0 radical (unpaired) electrons. The largest absolute Gasteiger partial charge is 0.493 e. The first-order valence-corrected chi connectivity index (χ1v) is 9.17. The summed E-state index contributed by atoms with van der Waals surface area (Å²) in [5.41, 5.74) is 1.64. The first kappa shape index (κ1) is 20.7. The van der Waals surface area contributed by atoms with E-state index in [9.17, 15) is 9.59 Å². The van der Waals surface area contributed by atoms with E-state index in [4.69, 9.17) is 24.2 Å². The Hall–Kier alpha value is -3.99. The number of nitriles is 1. The number of carbonyl (C=O) groups excluding carboxylic acids is 2. The maximum Gasteiger partial charge on any atom is 0.331 e. The van der Waals surface area contributed by atoms with Gasteiger partial charge < -0.3 is 24.3 Å². The second kappa shape index (κ2) is 9.47. The first-order valence-electron chi connectivity index (χ1n) is 9.17. The Balaban J connectivity index is 1.59. The number of nitrogens with one attached hydrogen (secondary N) is 1. The van der Waals surface area contributed by atoms with Crippen molar-refractivity contribution in [2.75, 3.05) is 25.6 Å². The number of benzene rings is 2. The highest BCUT2D eigenvalue weighted by Gasteiger charge is 2.19. The smallest absolute Gasteiger partial charge is 0.331 e. The minimum absolute atomic E-state index is 0.428. The Kier molecular flexibility index (Phi) is 6.55. The molecular formula is C22H20N2O6. The normalized spacial score (nSPS) is 13.2. The number of methoxy groups -OCH3 is 1. The number of amides is 1. The van der Waals surface area contributed by atoms with Gasteiger partial charge in [0.25, 0.3) is 5.91 Å². The lowest BCUT2D eigenvalue weighted by atomic mass is 10.1. The van der Waals surface area contributed by atoms with Crippen LogP contribution in [0.1, 0.15) is 18.1 Å². The molecule has 0 fully saturated rings. The van der Waals surface area contributed by atoms with Crippen LogP contribution in [0.3, 0.4) is 0 Å². The number of hydrogen-bond acceptors (Lipinski definition) is 7. The van der Waals surface area contributed by atoms with Crippen molar-refractivity contribution in [3.63, 3.8) is 0 Å². The predicted molar refractivity (Wildman–Crippen MR) is 108 cm³/mol. The molecular weight excluding hydrogens is 388 g/mol. The zero-order chi connectivity index (χ0) is 21.5. The Morgan fingerprint density at radius 3 is 2.63 bits per heavy atom. The second-order valence-electron chi connectivity index (χ2n) is 6.34. The van der Waals surface area contributed by atoms with Crippen molar-refractivity contribution >= 4 is 23.6 Å². The molecule has 30 heavy (non-hydrogen) atoms. The highest BCUT2D eigenvalue weighted by Crippen LogP contribution is 2.40. The van der Waals surface area contributed by atoms with Crippen LogP contribution in [0, 0.1) is 11.3 Å². The average Bonchev–Trinajstić information content (AvgIpc) is 2.77. The molecule has 0 aromatic heterocycles. The number of carbonyl (C=O) groups is 2. The summed E-state index contributed by atoms with van der Waals surface area (Å²) < 4.78 is 21.5. The van der Waals surface area contributed by atoms with Gasteiger partial charge in [-0.15, -0.1) is 0 Å². The third-order valence-corrected chi connectivity index (χ3v) is 4.21. The number of rotatable bonds is 6. The highest BCUT2D eigenvalue weighted by molar-refractivity contribution is 5.96. The van der Waals surface area contributed by atoms with Crippen LogP contribution in [-0.4, -0.2) is 38.3 Å². The Labute approximate surface area is 173 Å². The topological polar surface area (TPSA) is 107 Å². The molecule has 1 aliphatic rings. The molecule has 1 atom stereocenters. The summed E-state index contributed by atoms with van der Waals surface area (Å²) in [6.45, 7) is 2.34. The van der Waals surface area contributed by atoms with Gasteiger partial charge in [-0.2, -0.15) is 5.26 Å². The van der Waals surface area contributed by atoms with Gasteiger partial charge in [-0.25, -0.2) is 4.79 Å². The minimum atomic E-state index is -1.01. The quantitative estimate of drug-likeness (QED) is 0.578. The van der Waals surface area contributed by atoms with Crippen molar-refractivity contribution in [1.82, 2.24) is 0 Å². The van der Waals surface area contributed by atoms with E-state index in [1.54, 1.807) is 36.4 Å². The van der Waals surface area contributed by atoms with Gasteiger partial charge >= 0.3 is 5.97 Å². The summed E-state index contributed by atoms with van der Waals surface area (Å²) in [6, 6.07) is 11.8. The van der Waals surface area contributed by atoms with Crippen LogP contribution in [0.4, 0.5) is 5.69 Å². The lowest BCUT2D eigenvalue weighted by Gasteiger charge is -2.20. The van der Waals surface area contributed by atoms with E-state index in [1.807, 2.05) is 6.07 Å². The molecule has 0 unspecified atom stereocenters. The first-order chi connectivity index (χ1) is 14.5. The molecule has 1 N–H and O–H groups in total. The molecule has 8 heteroatoms. The molecule has 8 nitrogen and oxygen atoms in total. The van der Waals surface area contributed by atoms with Gasteiger partial charge in [0, 0.05) is 11.8 Å². The second-order valence-corrected chi connectivity index (χ2v) is 6.34. The van der Waals surface area contributed by atoms with E-state index in [0.29, 0.717) is 47.3 Å². The van der Waals surface area contributed by atoms with Crippen LogP contribution in [0.2, 0.25) is 0 Å². The lowest BCUT2D eigenvalue weighted by Crippen LogP contribution is -2.29. The van der Waals surface area contributed by atoms with Gasteiger partial charge in [0.2, 0.25) is 5.75 Å². The molecule has 1 amide bonds. The fourth-order valence-electron chi connectivity index (χ4n) is 2.69. The van der Waals surface area contributed by atoms with E-state index in [2.05, 4.69) is 5.32 Å². The molecule has 2 aromatic carbocycles. The standard InChI is InChI=1S/C22H20N2O6/c1-14(22(26)24-17-6-3-15(13-23)4-7-17)30-20(25)8-5-16-11-18(27-2)21-19(12-16)28-9-10-29-21/h3-8,11-12,14H,9-10H2,1-2H3,(H,24,26)/b8-5+/t14-/m0/s1. The van der Waals surface area contributed by atoms with Crippen LogP contribution in [0.25, 0.3) is 6.08 Å². The average molecular weight is 408 g/mol. The summed E-state index contributed by atoms with van der Waals surface area (Å²) >= 11 is 0. The van der Waals surface area contributed by atoms with Crippen LogP contribution in [0.15, 0.2) is 42.5 Å². The molecule has 1 heterocycles. The van der Waals surface area contributed by atoms with Gasteiger partial charge in [-0.3, -0.25) is 4.79 Å². The fourth-order valence-corrected chi connectivity index (χ4v) is 2.69. The van der Waals surface area contributed by atoms with Crippen molar-refractivity contribution in [3.05, 3.63) is 53.6 Å². The summed E-state index contributed by atoms with van der Waals surface area (Å²) in [5, 5.41) is 11.4. The molecule has 0 aliphatic carbocycles. The number of ether oxygens (including phenoxy) is 4. The van der Waals surface area contributed by atoms with Gasteiger partial charge in [0.05, 0.1) is 18.7 Å². The summed E-state index contributed by atoms with van der Waals surface area (Å²) in [4.78, 5) is 24.3. The van der Waals surface area contributed by atoms with Crippen molar-refractivity contribution < 1.29 is 28.5 Å². The lowest BCUT2D eigenvalue weighted by molar-refractivity contribution is -0.148. The number of fused-ring (bicyclic) bond motifs is 1. The minimum Gasteiger partial charge on any atom is -0.493 e. The van der Waals surface area contributed by atoms with Crippen LogP contribution in [0.5, 0.6) is 17.2 Å². The van der Waals surface area contributed by atoms with Gasteiger partial charge in [0.15, 0.2) is 17.6 Å². The van der Waals surface area contributed by atoms with E-state index < -0.39 is 18.0 Å². The Morgan fingerprint density at radius 2 is 1.93 bits per heavy atom. The van der Waals surface area contributed by atoms with Crippen LogP contribution in [-0.2, 0) is 14.3 Å². The summed E-state index contributed by atoms with van der Waals surface area (Å²) in [5.74, 6) is 0.393. The fraction of sp³-hybridized carbons (Fsp3) is 0.227. The highest BCUT2D eigenvalue weighted by atomic mass is 16.6. The zero-order valence-corrected chi connectivity index (χ0v) is 16.5. The molecule has 0 bridgehead atoms. The SMILES string of the molecule is COc1cc(/C=C/C(=O)O[C@@H](C)C(=O)Nc2ccc(C#N)cc2)cc2c1OCCO2. The number of nitrogens with zero attached hydrogens (tertiary/aromatic N) is 1. The Bertz CT molecular complexity index is 990. The van der Waals surface area contributed by atoms with E-state index in [-0.39, 0.29) is 0 Å². The van der Waals surface area contributed by atoms with Crippen molar-refractivity contribution in [2.45, 2.75) is 13.0 Å². The molecule has 154 valence electrons. The van der Waals surface area contributed by atoms with E-state index in [1.165, 1.54) is 26.2 Å². The maximum atomic E-state index is 12.2. The van der Waals surface area contributed by atoms with E-state index >= 15 is 0 Å². The van der Waals surface area contributed by atoms with Crippen LogP contribution >= 0.6 is 0 Å².